The lowest BCUT2D eigenvalue weighted by Gasteiger charge is -2.38. The predicted molar refractivity (Wildman–Crippen MR) is 49.4 cm³/mol. The van der Waals surface area contributed by atoms with Gasteiger partial charge in [-0.3, -0.25) is 14.9 Å². The smallest absolute Gasteiger partial charge is 0.235 e. The van der Waals surface area contributed by atoms with Crippen LogP contribution in [0.2, 0.25) is 0 Å². The minimum atomic E-state index is -0.400. The van der Waals surface area contributed by atoms with E-state index in [4.69, 9.17) is 0 Å². The Morgan fingerprint density at radius 2 is 1.43 bits per heavy atom. The van der Waals surface area contributed by atoms with E-state index in [0.717, 1.165) is 25.7 Å². The number of amides is 2. The summed E-state index contributed by atoms with van der Waals surface area (Å²) in [6, 6.07) is 0. The van der Waals surface area contributed by atoms with Crippen molar-refractivity contribution in [2.24, 2.45) is 10.8 Å². The Morgan fingerprint density at radius 3 is 1.93 bits per heavy atom. The van der Waals surface area contributed by atoms with Crippen LogP contribution in [0.5, 0.6) is 0 Å². The molecule has 0 aromatic carbocycles. The quantitative estimate of drug-likeness (QED) is 0.525. The molecule has 4 heteroatoms. The van der Waals surface area contributed by atoms with Crippen LogP contribution in [0.4, 0.5) is 0 Å². The molecule has 2 amide bonds. The average Bonchev–Trinajstić information content (AvgIpc) is 2.66. The molecular formula is C10H14N2O2. The molecule has 3 rings (SSSR count). The molecule has 14 heavy (non-hydrogen) atoms. The van der Waals surface area contributed by atoms with Gasteiger partial charge in [0.05, 0.1) is 10.8 Å². The van der Waals surface area contributed by atoms with Gasteiger partial charge in [0.1, 0.15) is 0 Å². The van der Waals surface area contributed by atoms with Gasteiger partial charge in [-0.15, -0.1) is 0 Å². The van der Waals surface area contributed by atoms with Crippen molar-refractivity contribution in [3.8, 4) is 0 Å². The maximum absolute atomic E-state index is 11.8. The maximum atomic E-state index is 11.8. The second-order valence-electron chi connectivity index (χ2n) is 4.76. The largest absolute Gasteiger partial charge is 0.315 e. The van der Waals surface area contributed by atoms with Crippen LogP contribution in [0.1, 0.15) is 25.7 Å². The molecule has 0 radical (unpaired) electrons. The van der Waals surface area contributed by atoms with Crippen LogP contribution in [0.3, 0.4) is 0 Å². The first-order valence-corrected chi connectivity index (χ1v) is 5.28. The van der Waals surface area contributed by atoms with Crippen molar-refractivity contribution in [3.63, 3.8) is 0 Å². The van der Waals surface area contributed by atoms with E-state index in [1.807, 2.05) is 0 Å². The number of hydrogen-bond acceptors (Lipinski definition) is 3. The Balaban J connectivity index is 2.15. The van der Waals surface area contributed by atoms with Crippen molar-refractivity contribution in [2.45, 2.75) is 25.7 Å². The van der Waals surface area contributed by atoms with E-state index in [2.05, 4.69) is 10.6 Å². The molecule has 2 N–H and O–H groups in total. The molecule has 1 saturated carbocycles. The molecule has 1 aliphatic carbocycles. The van der Waals surface area contributed by atoms with E-state index in [9.17, 15) is 9.59 Å². The van der Waals surface area contributed by atoms with E-state index in [0.29, 0.717) is 13.1 Å². The highest BCUT2D eigenvalue weighted by Gasteiger charge is 2.68. The molecule has 2 atom stereocenters. The average molecular weight is 194 g/mol. The molecular weight excluding hydrogens is 180 g/mol. The number of carbonyl (C=O) groups is 2. The van der Waals surface area contributed by atoms with Gasteiger partial charge in [0.2, 0.25) is 11.8 Å². The summed E-state index contributed by atoms with van der Waals surface area (Å²) in [6.45, 7) is 1.37. The Labute approximate surface area is 82.4 Å². The third-order valence-corrected chi connectivity index (χ3v) is 4.32. The van der Waals surface area contributed by atoms with E-state index in [1.165, 1.54) is 0 Å². The molecule has 4 nitrogen and oxygen atoms in total. The third kappa shape index (κ3) is 0.670. The van der Waals surface area contributed by atoms with Crippen molar-refractivity contribution in [1.29, 1.82) is 0 Å². The first kappa shape index (κ1) is 8.41. The van der Waals surface area contributed by atoms with Crippen LogP contribution in [0.15, 0.2) is 0 Å². The highest BCUT2D eigenvalue weighted by Crippen LogP contribution is 2.56. The maximum Gasteiger partial charge on any atom is 0.235 e. The van der Waals surface area contributed by atoms with Crippen molar-refractivity contribution in [3.05, 3.63) is 0 Å². The molecule has 0 aromatic rings. The Hall–Kier alpha value is -0.900. The highest BCUT2D eigenvalue weighted by molar-refractivity contribution is 6.10. The normalized spacial score (nSPS) is 46.0. The highest BCUT2D eigenvalue weighted by atomic mass is 16.2. The van der Waals surface area contributed by atoms with Crippen molar-refractivity contribution < 1.29 is 9.59 Å². The summed E-state index contributed by atoms with van der Waals surface area (Å²) in [7, 11) is 0. The molecule has 2 aliphatic heterocycles. The van der Waals surface area contributed by atoms with Crippen molar-refractivity contribution >= 4 is 11.8 Å². The zero-order chi connectivity index (χ0) is 9.81. The number of rotatable bonds is 0. The summed E-state index contributed by atoms with van der Waals surface area (Å²) in [4.78, 5) is 23.7. The summed E-state index contributed by atoms with van der Waals surface area (Å²) < 4.78 is 0. The molecule has 0 spiro atoms. The van der Waals surface area contributed by atoms with Gasteiger partial charge in [-0.25, -0.2) is 0 Å². The fourth-order valence-corrected chi connectivity index (χ4v) is 3.50. The molecule has 3 aliphatic rings. The summed E-state index contributed by atoms with van der Waals surface area (Å²) >= 11 is 0. The first-order valence-electron chi connectivity index (χ1n) is 5.28. The molecule has 76 valence electrons. The van der Waals surface area contributed by atoms with Gasteiger partial charge in [-0.05, 0) is 12.8 Å². The second-order valence-corrected chi connectivity index (χ2v) is 4.76. The van der Waals surface area contributed by atoms with Gasteiger partial charge in [0, 0.05) is 13.1 Å². The lowest BCUT2D eigenvalue weighted by Crippen LogP contribution is -2.46. The minimum absolute atomic E-state index is 0.0350. The summed E-state index contributed by atoms with van der Waals surface area (Å²) in [5.74, 6) is -0.0700. The number of imide groups is 1. The van der Waals surface area contributed by atoms with E-state index in [1.54, 1.807) is 0 Å². The van der Waals surface area contributed by atoms with Crippen LogP contribution in [0, 0.1) is 10.8 Å². The number of nitrogens with one attached hydrogen (secondary N) is 2. The minimum Gasteiger partial charge on any atom is -0.315 e. The third-order valence-electron chi connectivity index (χ3n) is 4.32. The van der Waals surface area contributed by atoms with Crippen molar-refractivity contribution in [2.75, 3.05) is 13.1 Å². The summed E-state index contributed by atoms with van der Waals surface area (Å²) in [5, 5.41) is 5.75. The molecule has 3 fully saturated rings. The molecule has 0 bridgehead atoms. The Kier molecular flexibility index (Phi) is 1.42. The topological polar surface area (TPSA) is 58.2 Å². The molecule has 0 aromatic heterocycles. The van der Waals surface area contributed by atoms with Gasteiger partial charge in [-0.1, -0.05) is 12.8 Å². The lowest BCUT2D eigenvalue weighted by molar-refractivity contribution is -0.133. The van der Waals surface area contributed by atoms with Crippen molar-refractivity contribution in [1.82, 2.24) is 10.6 Å². The number of hydrogen-bond donors (Lipinski definition) is 2. The van der Waals surface area contributed by atoms with Gasteiger partial charge in [0.15, 0.2) is 0 Å². The zero-order valence-electron chi connectivity index (χ0n) is 8.06. The van der Waals surface area contributed by atoms with Gasteiger partial charge in [0.25, 0.3) is 0 Å². The van der Waals surface area contributed by atoms with Crippen LogP contribution in [0.25, 0.3) is 0 Å². The van der Waals surface area contributed by atoms with Crippen LogP contribution >= 0.6 is 0 Å². The van der Waals surface area contributed by atoms with E-state index in [-0.39, 0.29) is 11.8 Å². The number of carbonyl (C=O) groups excluding carboxylic acids is 2. The molecule has 2 heterocycles. The van der Waals surface area contributed by atoms with Crippen LogP contribution in [-0.4, -0.2) is 24.9 Å². The van der Waals surface area contributed by atoms with Crippen LogP contribution < -0.4 is 10.6 Å². The van der Waals surface area contributed by atoms with E-state index >= 15 is 0 Å². The SMILES string of the molecule is O=C1NC(=O)C23CCCCC12CNC3. The Bertz CT molecular complexity index is 298. The van der Waals surface area contributed by atoms with E-state index < -0.39 is 10.8 Å². The van der Waals surface area contributed by atoms with Gasteiger partial charge in [-0.2, -0.15) is 0 Å². The van der Waals surface area contributed by atoms with Gasteiger partial charge >= 0.3 is 0 Å². The summed E-state index contributed by atoms with van der Waals surface area (Å²) in [6.07, 6.45) is 3.89. The zero-order valence-corrected chi connectivity index (χ0v) is 8.06. The second kappa shape index (κ2) is 2.37. The fraction of sp³-hybridized carbons (Fsp3) is 0.800. The summed E-state index contributed by atoms with van der Waals surface area (Å²) in [5.41, 5.74) is -0.801. The van der Waals surface area contributed by atoms with Crippen LogP contribution in [-0.2, 0) is 9.59 Å². The fourth-order valence-electron chi connectivity index (χ4n) is 3.50. The first-order chi connectivity index (χ1) is 6.71. The molecule has 2 unspecified atom stereocenters. The standard InChI is InChI=1S/C10H14N2O2/c13-7-9-3-1-2-4-10(9,6-11-5-9)8(14)12-7/h11H,1-6H2,(H,12,13,14). The Morgan fingerprint density at radius 1 is 0.929 bits per heavy atom. The predicted octanol–water partition coefficient (Wildman–Crippen LogP) is -0.207. The monoisotopic (exact) mass is 194 g/mol. The van der Waals surface area contributed by atoms with Gasteiger partial charge < -0.3 is 5.32 Å². The lowest BCUT2D eigenvalue weighted by atomic mass is 9.59. The molecule has 2 saturated heterocycles.